The van der Waals surface area contributed by atoms with Crippen LogP contribution in [-0.2, 0) is 4.79 Å². The summed E-state index contributed by atoms with van der Waals surface area (Å²) in [5.74, 6) is 0.0455. The summed E-state index contributed by atoms with van der Waals surface area (Å²) in [6, 6.07) is 18.5. The Morgan fingerprint density at radius 1 is 1.00 bits per heavy atom. The van der Waals surface area contributed by atoms with E-state index in [1.165, 1.54) is 11.3 Å². The van der Waals surface area contributed by atoms with Gasteiger partial charge in [-0.05, 0) is 62.6 Å². The third-order valence-electron chi connectivity index (χ3n) is 4.53. The molecule has 1 aromatic heterocycles. The predicted octanol–water partition coefficient (Wildman–Crippen LogP) is 4.72. The van der Waals surface area contributed by atoms with Crippen molar-refractivity contribution in [2.75, 3.05) is 6.61 Å². The van der Waals surface area contributed by atoms with E-state index in [9.17, 15) is 9.59 Å². The van der Waals surface area contributed by atoms with Gasteiger partial charge in [-0.2, -0.15) is 0 Å². The lowest BCUT2D eigenvalue weighted by Crippen LogP contribution is -2.41. The van der Waals surface area contributed by atoms with E-state index in [0.29, 0.717) is 12.2 Å². The van der Waals surface area contributed by atoms with Gasteiger partial charge in [0.15, 0.2) is 0 Å². The summed E-state index contributed by atoms with van der Waals surface area (Å²) < 4.78 is 5.75. The van der Waals surface area contributed by atoms with Crippen LogP contribution in [0.15, 0.2) is 71.7 Å². The molecule has 31 heavy (non-hydrogen) atoms. The first-order valence-electron chi connectivity index (χ1n) is 10.0. The third kappa shape index (κ3) is 6.83. The van der Waals surface area contributed by atoms with E-state index in [1.54, 1.807) is 18.2 Å². The molecule has 2 aromatic carbocycles. The number of carbonyl (C=O) groups excluding carboxylic acids is 2. The molecule has 0 aliphatic rings. The first-order chi connectivity index (χ1) is 14.9. The van der Waals surface area contributed by atoms with E-state index >= 15 is 0 Å². The highest BCUT2D eigenvalue weighted by Gasteiger charge is 2.17. The molecule has 0 aliphatic heterocycles. The van der Waals surface area contributed by atoms with Crippen molar-refractivity contribution >= 4 is 29.2 Å². The lowest BCUT2D eigenvalue weighted by Gasteiger charge is -2.17. The first-order valence-corrected chi connectivity index (χ1v) is 10.9. The Labute approximate surface area is 186 Å². The molecule has 0 spiro atoms. The molecule has 1 atom stereocenters. The largest absolute Gasteiger partial charge is 0.491 e. The van der Waals surface area contributed by atoms with Gasteiger partial charge in [0.1, 0.15) is 18.1 Å². The number of nitrogens with one attached hydrogen (secondary N) is 2. The molecule has 6 heteroatoms. The normalized spacial score (nSPS) is 12.2. The molecule has 3 rings (SSSR count). The van der Waals surface area contributed by atoms with Crippen molar-refractivity contribution in [3.63, 3.8) is 0 Å². The molecule has 0 unspecified atom stereocenters. The fraction of sp³-hybridized carbons (Fsp3) is 0.200. The van der Waals surface area contributed by atoms with E-state index < -0.39 is 0 Å². The summed E-state index contributed by atoms with van der Waals surface area (Å²) in [5.41, 5.74) is 2.90. The minimum atomic E-state index is -0.367. The Hall–Kier alpha value is -3.38. The van der Waals surface area contributed by atoms with Crippen molar-refractivity contribution in [3.8, 4) is 5.75 Å². The third-order valence-corrected chi connectivity index (χ3v) is 5.35. The van der Waals surface area contributed by atoms with E-state index in [2.05, 4.69) is 10.6 Å². The second-order valence-corrected chi connectivity index (χ2v) is 8.37. The topological polar surface area (TPSA) is 67.4 Å². The summed E-state index contributed by atoms with van der Waals surface area (Å²) in [5, 5.41) is 7.57. The monoisotopic (exact) mass is 434 g/mol. The van der Waals surface area contributed by atoms with Crippen LogP contribution in [-0.4, -0.2) is 24.5 Å². The minimum absolute atomic E-state index is 0.190. The molecule has 1 heterocycles. The number of amides is 2. The molecule has 0 bridgehead atoms. The highest BCUT2D eigenvalue weighted by Crippen LogP contribution is 2.14. The minimum Gasteiger partial charge on any atom is -0.491 e. The molecule has 0 saturated heterocycles. The number of carbonyl (C=O) groups is 2. The van der Waals surface area contributed by atoms with Crippen LogP contribution in [0.25, 0.3) is 6.08 Å². The predicted molar refractivity (Wildman–Crippen MR) is 125 cm³/mol. The van der Waals surface area contributed by atoms with Gasteiger partial charge >= 0.3 is 0 Å². The molecule has 0 aliphatic carbocycles. The van der Waals surface area contributed by atoms with E-state index in [4.69, 9.17) is 4.74 Å². The Morgan fingerprint density at radius 3 is 2.26 bits per heavy atom. The van der Waals surface area contributed by atoms with Gasteiger partial charge in [-0.1, -0.05) is 41.5 Å². The molecule has 5 nitrogen and oxygen atoms in total. The number of hydrogen-bond acceptors (Lipinski definition) is 4. The summed E-state index contributed by atoms with van der Waals surface area (Å²) in [6.45, 7) is 6.14. The second-order valence-electron chi connectivity index (χ2n) is 7.39. The summed E-state index contributed by atoms with van der Waals surface area (Å²) in [7, 11) is 0. The molecule has 2 N–H and O–H groups in total. The van der Waals surface area contributed by atoms with Crippen LogP contribution >= 0.6 is 11.3 Å². The highest BCUT2D eigenvalue weighted by molar-refractivity contribution is 7.10. The molecule has 0 fully saturated rings. The lowest BCUT2D eigenvalue weighted by molar-refractivity contribution is -0.118. The number of benzene rings is 2. The number of aryl methyl sites for hydroxylation is 2. The summed E-state index contributed by atoms with van der Waals surface area (Å²) in [6.07, 6.45) is 1.68. The molecule has 3 aromatic rings. The van der Waals surface area contributed by atoms with Gasteiger partial charge in [-0.25, -0.2) is 0 Å². The number of rotatable bonds is 8. The van der Waals surface area contributed by atoms with Crippen molar-refractivity contribution in [3.05, 3.63) is 93.3 Å². The summed E-state index contributed by atoms with van der Waals surface area (Å²) in [4.78, 5) is 26.5. The average molecular weight is 435 g/mol. The van der Waals surface area contributed by atoms with Gasteiger partial charge in [0.05, 0.1) is 6.04 Å². The van der Waals surface area contributed by atoms with Gasteiger partial charge < -0.3 is 15.4 Å². The molecule has 160 valence electrons. The molecular formula is C25H26N2O3S. The van der Waals surface area contributed by atoms with E-state index in [1.807, 2.05) is 74.7 Å². The van der Waals surface area contributed by atoms with Crippen LogP contribution in [0.5, 0.6) is 5.75 Å². The van der Waals surface area contributed by atoms with E-state index in [0.717, 1.165) is 21.8 Å². The van der Waals surface area contributed by atoms with Gasteiger partial charge in [0.25, 0.3) is 11.8 Å². The van der Waals surface area contributed by atoms with Crippen molar-refractivity contribution < 1.29 is 14.3 Å². The molecular weight excluding hydrogens is 408 g/mol. The smallest absolute Gasteiger partial charge is 0.268 e. The zero-order valence-corrected chi connectivity index (χ0v) is 18.7. The van der Waals surface area contributed by atoms with Gasteiger partial charge in [-0.3, -0.25) is 9.59 Å². The average Bonchev–Trinajstić information content (AvgIpc) is 3.26. The van der Waals surface area contributed by atoms with Gasteiger partial charge in [0, 0.05) is 10.4 Å². The second kappa shape index (κ2) is 10.6. The Balaban J connectivity index is 1.66. The molecule has 2 amide bonds. The maximum absolute atomic E-state index is 12.9. The summed E-state index contributed by atoms with van der Waals surface area (Å²) >= 11 is 1.49. The zero-order valence-electron chi connectivity index (χ0n) is 17.8. The molecule has 0 saturated carbocycles. The lowest BCUT2D eigenvalue weighted by atomic mass is 10.1. The van der Waals surface area contributed by atoms with Crippen LogP contribution in [0.2, 0.25) is 0 Å². The van der Waals surface area contributed by atoms with Crippen LogP contribution < -0.4 is 15.4 Å². The van der Waals surface area contributed by atoms with Crippen LogP contribution in [0.1, 0.15) is 33.3 Å². The van der Waals surface area contributed by atoms with Crippen molar-refractivity contribution in [2.24, 2.45) is 0 Å². The quantitative estimate of drug-likeness (QED) is 0.504. The standard InChI is InChI=1S/C25H26N2O3S/c1-17-6-10-20(11-7-17)24(28)27-23(15-22-5-4-14-31-22)25(29)26-19(3)16-30-21-12-8-18(2)9-13-21/h4-15,19H,16H2,1-3H3,(H,26,29)(H,27,28)/b23-15-/t19-/m0/s1. The van der Waals surface area contributed by atoms with Crippen LogP contribution in [0.3, 0.4) is 0 Å². The van der Waals surface area contributed by atoms with Crippen LogP contribution in [0.4, 0.5) is 0 Å². The van der Waals surface area contributed by atoms with Crippen molar-refractivity contribution in [1.29, 1.82) is 0 Å². The molecule has 0 radical (unpaired) electrons. The maximum atomic E-state index is 12.9. The fourth-order valence-electron chi connectivity index (χ4n) is 2.77. The Bertz CT molecular complexity index is 1040. The Kier molecular flexibility index (Phi) is 7.62. The van der Waals surface area contributed by atoms with E-state index in [-0.39, 0.29) is 23.6 Å². The SMILES string of the molecule is Cc1ccc(OC[C@H](C)NC(=O)/C(=C/c2cccs2)NC(=O)c2ccc(C)cc2)cc1. The van der Waals surface area contributed by atoms with Crippen molar-refractivity contribution in [1.82, 2.24) is 10.6 Å². The maximum Gasteiger partial charge on any atom is 0.268 e. The van der Waals surface area contributed by atoms with Gasteiger partial charge in [-0.15, -0.1) is 11.3 Å². The number of ether oxygens (including phenoxy) is 1. The first kappa shape index (κ1) is 22.3. The number of hydrogen-bond donors (Lipinski definition) is 2. The number of thiophene rings is 1. The van der Waals surface area contributed by atoms with Crippen LogP contribution in [0, 0.1) is 13.8 Å². The van der Waals surface area contributed by atoms with Crippen molar-refractivity contribution in [2.45, 2.75) is 26.8 Å². The highest BCUT2D eigenvalue weighted by atomic mass is 32.1. The fourth-order valence-corrected chi connectivity index (χ4v) is 3.43. The van der Waals surface area contributed by atoms with Gasteiger partial charge in [0.2, 0.25) is 0 Å². The Morgan fingerprint density at radius 2 is 1.65 bits per heavy atom. The zero-order chi connectivity index (χ0) is 22.2.